The van der Waals surface area contributed by atoms with Crippen LogP contribution in [0.5, 0.6) is 5.75 Å². The number of methoxy groups -OCH3 is 1. The van der Waals surface area contributed by atoms with Crippen LogP contribution in [0.3, 0.4) is 0 Å². The maximum atomic E-state index is 12.5. The molecule has 0 aliphatic heterocycles. The largest absolute Gasteiger partial charge is 0.491 e. The Hall–Kier alpha value is -2.16. The van der Waals surface area contributed by atoms with Crippen molar-refractivity contribution < 1.29 is 17.9 Å². The third-order valence-corrected chi connectivity index (χ3v) is 4.85. The number of ether oxygens (including phenoxy) is 2. The lowest BCUT2D eigenvalue weighted by Gasteiger charge is -2.16. The highest BCUT2D eigenvalue weighted by atomic mass is 32.2. The smallest absolute Gasteiger partial charge is 0.240 e. The second-order valence-corrected chi connectivity index (χ2v) is 7.28. The molecule has 2 aromatic rings. The van der Waals surface area contributed by atoms with Gasteiger partial charge in [-0.25, -0.2) is 18.1 Å². The van der Waals surface area contributed by atoms with Gasteiger partial charge in [-0.15, -0.1) is 0 Å². The fourth-order valence-electron chi connectivity index (χ4n) is 2.18. The summed E-state index contributed by atoms with van der Waals surface area (Å²) in [5, 5.41) is 0. The van der Waals surface area contributed by atoms with E-state index in [-0.39, 0.29) is 11.4 Å². The van der Waals surface area contributed by atoms with Gasteiger partial charge in [-0.1, -0.05) is 6.07 Å². The number of nitrogens with one attached hydrogen (secondary N) is 1. The van der Waals surface area contributed by atoms with Gasteiger partial charge < -0.3 is 14.4 Å². The van der Waals surface area contributed by atoms with E-state index in [1.54, 1.807) is 31.5 Å². The van der Waals surface area contributed by atoms with Gasteiger partial charge >= 0.3 is 0 Å². The van der Waals surface area contributed by atoms with Crippen LogP contribution in [-0.2, 0) is 21.3 Å². The molecule has 0 fully saturated rings. The molecule has 0 amide bonds. The van der Waals surface area contributed by atoms with Crippen molar-refractivity contribution >= 4 is 15.8 Å². The van der Waals surface area contributed by atoms with Gasteiger partial charge in [-0.3, -0.25) is 0 Å². The van der Waals surface area contributed by atoms with Crippen molar-refractivity contribution in [3.8, 4) is 5.75 Å². The summed E-state index contributed by atoms with van der Waals surface area (Å²) in [6.45, 7) is 1.05. The zero-order chi connectivity index (χ0) is 18.3. The summed E-state index contributed by atoms with van der Waals surface area (Å²) in [6, 6.07) is 9.90. The molecular weight excluding hydrogens is 342 g/mol. The molecule has 0 saturated heterocycles. The number of rotatable bonds is 9. The first-order chi connectivity index (χ1) is 11.9. The Morgan fingerprint density at radius 3 is 2.48 bits per heavy atom. The van der Waals surface area contributed by atoms with Crippen molar-refractivity contribution in [3.63, 3.8) is 0 Å². The first-order valence-electron chi connectivity index (χ1n) is 7.76. The molecule has 0 saturated carbocycles. The van der Waals surface area contributed by atoms with Crippen molar-refractivity contribution in [1.82, 2.24) is 9.71 Å². The van der Waals surface area contributed by atoms with E-state index in [1.807, 2.05) is 25.1 Å². The Morgan fingerprint density at radius 2 is 1.84 bits per heavy atom. The Morgan fingerprint density at radius 1 is 1.12 bits per heavy atom. The fraction of sp³-hybridized carbons (Fsp3) is 0.353. The number of anilines is 1. The van der Waals surface area contributed by atoms with Crippen molar-refractivity contribution in [2.45, 2.75) is 11.4 Å². The van der Waals surface area contributed by atoms with Crippen LogP contribution < -0.4 is 14.4 Å². The topological polar surface area (TPSA) is 80.8 Å². The number of aromatic nitrogens is 1. The molecule has 1 aromatic heterocycles. The van der Waals surface area contributed by atoms with Crippen LogP contribution in [0.2, 0.25) is 0 Å². The molecule has 1 aromatic carbocycles. The number of hydrogen-bond donors (Lipinski definition) is 1. The standard InChI is InChI=1S/C17H23N3O4S/c1-20(2)17-14(5-4-10-18-17)13-19-25(21,22)16-8-6-15(7-9-16)24-12-11-23-3/h4-10,19H,11-13H2,1-3H3. The quantitative estimate of drug-likeness (QED) is 0.681. The summed E-state index contributed by atoms with van der Waals surface area (Å²) >= 11 is 0. The molecule has 0 spiro atoms. The van der Waals surface area contributed by atoms with E-state index in [0.29, 0.717) is 19.0 Å². The molecule has 0 radical (unpaired) electrons. The minimum absolute atomic E-state index is 0.162. The van der Waals surface area contributed by atoms with Crippen molar-refractivity contribution in [1.29, 1.82) is 0 Å². The Bertz CT molecular complexity index is 777. The molecule has 8 heteroatoms. The SMILES string of the molecule is COCCOc1ccc(S(=O)(=O)NCc2cccnc2N(C)C)cc1. The maximum absolute atomic E-state index is 12.5. The minimum atomic E-state index is -3.62. The lowest BCUT2D eigenvalue weighted by atomic mass is 10.2. The van der Waals surface area contributed by atoms with Gasteiger partial charge in [0.25, 0.3) is 0 Å². The van der Waals surface area contributed by atoms with Crippen molar-refractivity contribution in [2.75, 3.05) is 39.3 Å². The lowest BCUT2D eigenvalue weighted by Crippen LogP contribution is -2.25. The number of pyridine rings is 1. The fourth-order valence-corrected chi connectivity index (χ4v) is 3.19. The number of nitrogens with zero attached hydrogens (tertiary/aromatic N) is 2. The van der Waals surface area contributed by atoms with E-state index < -0.39 is 10.0 Å². The van der Waals surface area contributed by atoms with E-state index in [9.17, 15) is 8.42 Å². The minimum Gasteiger partial charge on any atom is -0.491 e. The maximum Gasteiger partial charge on any atom is 0.240 e. The van der Waals surface area contributed by atoms with Crippen LogP contribution in [0, 0.1) is 0 Å². The summed E-state index contributed by atoms with van der Waals surface area (Å²) in [5.41, 5.74) is 0.801. The van der Waals surface area contributed by atoms with Crippen LogP contribution in [0.1, 0.15) is 5.56 Å². The highest BCUT2D eigenvalue weighted by molar-refractivity contribution is 7.89. The van der Waals surface area contributed by atoms with Crippen LogP contribution >= 0.6 is 0 Å². The zero-order valence-corrected chi connectivity index (χ0v) is 15.4. The third-order valence-electron chi connectivity index (χ3n) is 3.43. The summed E-state index contributed by atoms with van der Waals surface area (Å²) in [5.74, 6) is 1.32. The van der Waals surface area contributed by atoms with Crippen LogP contribution in [0.15, 0.2) is 47.5 Å². The van der Waals surface area contributed by atoms with E-state index in [2.05, 4.69) is 9.71 Å². The second kappa shape index (κ2) is 8.80. The van der Waals surface area contributed by atoms with E-state index in [1.165, 1.54) is 12.1 Å². The van der Waals surface area contributed by atoms with E-state index >= 15 is 0 Å². The third kappa shape index (κ3) is 5.42. The molecule has 0 bridgehead atoms. The highest BCUT2D eigenvalue weighted by Crippen LogP contribution is 2.18. The van der Waals surface area contributed by atoms with Crippen molar-refractivity contribution in [2.24, 2.45) is 0 Å². The van der Waals surface area contributed by atoms with Gasteiger partial charge in [0.2, 0.25) is 10.0 Å². The average molecular weight is 365 g/mol. The Labute approximate surface area is 148 Å². The molecule has 7 nitrogen and oxygen atoms in total. The summed E-state index contributed by atoms with van der Waals surface area (Å²) in [4.78, 5) is 6.29. The first-order valence-corrected chi connectivity index (χ1v) is 9.25. The van der Waals surface area contributed by atoms with Gasteiger partial charge in [0, 0.05) is 39.5 Å². The first kappa shape index (κ1) is 19.2. The van der Waals surface area contributed by atoms with E-state index in [0.717, 1.165) is 11.4 Å². The predicted octanol–water partition coefficient (Wildman–Crippen LogP) is 1.65. The molecule has 0 aliphatic carbocycles. The normalized spacial score (nSPS) is 11.3. The summed E-state index contributed by atoms with van der Waals surface area (Å²) < 4.78 is 37.8. The van der Waals surface area contributed by atoms with Crippen molar-refractivity contribution in [3.05, 3.63) is 48.2 Å². The van der Waals surface area contributed by atoms with Gasteiger partial charge in [0.15, 0.2) is 0 Å². The van der Waals surface area contributed by atoms with Crippen LogP contribution in [-0.4, -0.2) is 47.8 Å². The van der Waals surface area contributed by atoms with Crippen LogP contribution in [0.25, 0.3) is 0 Å². The Balaban J connectivity index is 2.04. The second-order valence-electron chi connectivity index (χ2n) is 5.52. The predicted molar refractivity (Wildman–Crippen MR) is 96.4 cm³/mol. The molecule has 25 heavy (non-hydrogen) atoms. The van der Waals surface area contributed by atoms with E-state index in [4.69, 9.17) is 9.47 Å². The van der Waals surface area contributed by atoms with Gasteiger partial charge in [-0.2, -0.15) is 0 Å². The molecule has 136 valence electrons. The van der Waals surface area contributed by atoms with Gasteiger partial charge in [0.05, 0.1) is 11.5 Å². The zero-order valence-electron chi connectivity index (χ0n) is 14.6. The molecule has 0 atom stereocenters. The van der Waals surface area contributed by atoms with Gasteiger partial charge in [0.1, 0.15) is 18.2 Å². The molecule has 1 N–H and O–H groups in total. The monoisotopic (exact) mass is 365 g/mol. The van der Waals surface area contributed by atoms with Gasteiger partial charge in [-0.05, 0) is 30.3 Å². The molecule has 1 heterocycles. The highest BCUT2D eigenvalue weighted by Gasteiger charge is 2.15. The summed E-state index contributed by atoms with van der Waals surface area (Å²) in [6.07, 6.45) is 1.68. The molecule has 0 unspecified atom stereocenters. The molecule has 0 aliphatic rings. The Kier molecular flexibility index (Phi) is 6.74. The molecular formula is C17H23N3O4S. The number of sulfonamides is 1. The average Bonchev–Trinajstić information content (AvgIpc) is 2.61. The lowest BCUT2D eigenvalue weighted by molar-refractivity contribution is 0.146. The number of benzene rings is 1. The molecule has 2 rings (SSSR count). The number of hydrogen-bond acceptors (Lipinski definition) is 6. The van der Waals surface area contributed by atoms with Crippen LogP contribution in [0.4, 0.5) is 5.82 Å². The summed E-state index contributed by atoms with van der Waals surface area (Å²) in [7, 11) is 1.70.